The molecule has 2 aromatic carbocycles. The molecule has 0 fully saturated rings. The Bertz CT molecular complexity index is 1210. The van der Waals surface area contributed by atoms with Gasteiger partial charge in [0.15, 0.2) is 0 Å². The van der Waals surface area contributed by atoms with E-state index in [0.29, 0.717) is 17.9 Å². The molecule has 0 aliphatic heterocycles. The monoisotopic (exact) mass is 630 g/mol. The molecule has 2 unspecified atom stereocenters. The Labute approximate surface area is 273 Å². The molecule has 8 nitrogen and oxygen atoms in total. The zero-order valence-electron chi connectivity index (χ0n) is 31.5. The van der Waals surface area contributed by atoms with Crippen molar-refractivity contribution >= 4 is 0 Å². The van der Waals surface area contributed by atoms with Gasteiger partial charge >= 0.3 is 0 Å². The summed E-state index contributed by atoms with van der Waals surface area (Å²) in [5, 5.41) is 24.8. The van der Waals surface area contributed by atoms with Crippen LogP contribution < -0.4 is 20.5 Å². The fraction of sp³-hybridized carbons (Fsp3) is 0.676. The third kappa shape index (κ3) is 11.5. The second-order valence-electron chi connectivity index (χ2n) is 18.3. The number of benzene rings is 2. The summed E-state index contributed by atoms with van der Waals surface area (Å²) in [5.41, 5.74) is 3.10. The van der Waals surface area contributed by atoms with Gasteiger partial charge in [-0.15, -0.1) is 0 Å². The van der Waals surface area contributed by atoms with Gasteiger partial charge < -0.3 is 10.4 Å². The van der Waals surface area contributed by atoms with Crippen LogP contribution in [0.1, 0.15) is 158 Å². The van der Waals surface area contributed by atoms with Crippen molar-refractivity contribution in [2.45, 2.75) is 164 Å². The summed E-state index contributed by atoms with van der Waals surface area (Å²) in [6, 6.07) is 8.47. The predicted molar refractivity (Wildman–Crippen MR) is 182 cm³/mol. The Morgan fingerprint density at radius 1 is 0.467 bits per heavy atom. The van der Waals surface area contributed by atoms with E-state index in [4.69, 9.17) is 19.4 Å². The standard InChI is InChI=1S/C37H62N2O6/c1-32(2,3)26-20-24(30(28(22-26)34(7,8)9)42-38(40)44-36(13,14)15)19-25-21-27(33(4,5)6)23-29(35(10,11)12)31(25)43-39(41)45-37(16,17)18/h20-23,38-39H,19H2,1-18H3. The van der Waals surface area contributed by atoms with E-state index in [1.807, 2.05) is 41.5 Å². The maximum absolute atomic E-state index is 13.2. The highest BCUT2D eigenvalue weighted by Crippen LogP contribution is 2.43. The average Bonchev–Trinajstić information content (AvgIpc) is 2.75. The number of hydrogen-bond acceptors (Lipinski definition) is 6. The molecule has 256 valence electrons. The van der Waals surface area contributed by atoms with Crippen LogP contribution in [0.4, 0.5) is 0 Å². The zero-order valence-corrected chi connectivity index (χ0v) is 31.5. The maximum Gasteiger partial charge on any atom is 0.202 e. The van der Waals surface area contributed by atoms with E-state index < -0.39 is 22.0 Å². The zero-order chi connectivity index (χ0) is 35.1. The van der Waals surface area contributed by atoms with E-state index in [1.54, 1.807) is 0 Å². The van der Waals surface area contributed by atoms with E-state index >= 15 is 0 Å². The number of quaternary nitrogens is 2. The van der Waals surface area contributed by atoms with Gasteiger partial charge in [0, 0.05) is 28.7 Å². The number of nitrogens with one attached hydrogen (secondary N) is 2. The minimum atomic E-state index is -0.762. The van der Waals surface area contributed by atoms with E-state index in [-0.39, 0.29) is 21.7 Å². The van der Waals surface area contributed by atoms with Crippen molar-refractivity contribution in [3.8, 4) is 11.5 Å². The van der Waals surface area contributed by atoms with E-state index in [9.17, 15) is 10.4 Å². The van der Waals surface area contributed by atoms with Gasteiger partial charge in [0.1, 0.15) is 11.2 Å². The van der Waals surface area contributed by atoms with Crippen molar-refractivity contribution in [3.05, 3.63) is 68.1 Å². The third-order valence-electron chi connectivity index (χ3n) is 7.21. The van der Waals surface area contributed by atoms with Gasteiger partial charge in [0.2, 0.25) is 11.5 Å². The van der Waals surface area contributed by atoms with Gasteiger partial charge in [-0.3, -0.25) is 9.68 Å². The van der Waals surface area contributed by atoms with Crippen LogP contribution in [0.3, 0.4) is 0 Å². The second kappa shape index (κ2) is 13.1. The highest BCUT2D eigenvalue weighted by atomic mass is 17.1. The molecule has 0 spiro atoms. The SMILES string of the molecule is CC(C)(C)O[NH+]([O-])Oc1c(Cc2cc(C(C)(C)C)cc(C(C)(C)C)c2O[NH+]([O-])OC(C)(C)C)cc(C(C)(C)C)cc1C(C)(C)C. The molecule has 8 heteroatoms. The van der Waals surface area contributed by atoms with E-state index in [1.165, 1.54) is 0 Å². The van der Waals surface area contributed by atoms with Crippen LogP contribution in [0.25, 0.3) is 0 Å². The predicted octanol–water partition coefficient (Wildman–Crippen LogP) is 7.28. The Kier molecular flexibility index (Phi) is 11.4. The molecule has 2 N–H and O–H groups in total. The van der Waals surface area contributed by atoms with Crippen molar-refractivity contribution in [2.75, 3.05) is 0 Å². The lowest BCUT2D eigenvalue weighted by Gasteiger charge is -2.33. The molecule has 0 amide bonds. The van der Waals surface area contributed by atoms with Crippen molar-refractivity contribution in [1.82, 2.24) is 0 Å². The summed E-state index contributed by atoms with van der Waals surface area (Å²) >= 11 is 0. The summed E-state index contributed by atoms with van der Waals surface area (Å²) in [5.74, 6) is 0.929. The Morgan fingerprint density at radius 2 is 0.756 bits per heavy atom. The van der Waals surface area contributed by atoms with Gasteiger partial charge in [-0.05, 0) is 85.1 Å². The lowest BCUT2D eigenvalue weighted by Crippen LogP contribution is -3.09. The van der Waals surface area contributed by atoms with Gasteiger partial charge in [0.05, 0.1) is 0 Å². The van der Waals surface area contributed by atoms with Crippen LogP contribution in [-0.2, 0) is 37.8 Å². The minimum Gasteiger partial charge on any atom is -0.556 e. The molecule has 45 heavy (non-hydrogen) atoms. The molecule has 0 aromatic heterocycles. The van der Waals surface area contributed by atoms with Crippen LogP contribution in [0.2, 0.25) is 0 Å². The first kappa shape index (κ1) is 39.0. The van der Waals surface area contributed by atoms with Crippen LogP contribution in [0, 0.1) is 10.4 Å². The summed E-state index contributed by atoms with van der Waals surface area (Å²) < 4.78 is 0. The highest BCUT2D eigenvalue weighted by molar-refractivity contribution is 5.55. The van der Waals surface area contributed by atoms with Crippen LogP contribution in [0.15, 0.2) is 24.3 Å². The van der Waals surface area contributed by atoms with Crippen LogP contribution >= 0.6 is 0 Å². The van der Waals surface area contributed by atoms with E-state index in [2.05, 4.69) is 107 Å². The quantitative estimate of drug-likeness (QED) is 0.298. The first-order valence-corrected chi connectivity index (χ1v) is 16.1. The smallest absolute Gasteiger partial charge is 0.202 e. The summed E-state index contributed by atoms with van der Waals surface area (Å²) in [6.45, 7) is 36.5. The molecular formula is C37H62N2O6. The Balaban J connectivity index is 3.01. The first-order chi connectivity index (χ1) is 19.9. The molecule has 2 aromatic rings. The highest BCUT2D eigenvalue weighted by Gasteiger charge is 2.33. The maximum atomic E-state index is 13.2. The fourth-order valence-corrected chi connectivity index (χ4v) is 4.78. The second-order valence-corrected chi connectivity index (χ2v) is 18.3. The van der Waals surface area contributed by atoms with Crippen molar-refractivity contribution < 1.29 is 30.1 Å². The molecule has 2 atom stereocenters. The van der Waals surface area contributed by atoms with Crippen molar-refractivity contribution in [2.24, 2.45) is 0 Å². The fourth-order valence-electron chi connectivity index (χ4n) is 4.78. The molecule has 2 rings (SSSR count). The summed E-state index contributed by atoms with van der Waals surface area (Å²) in [7, 11) is 0. The molecule has 0 radical (unpaired) electrons. The molecule has 0 saturated carbocycles. The van der Waals surface area contributed by atoms with Gasteiger partial charge in [-0.25, -0.2) is 0 Å². The lowest BCUT2D eigenvalue weighted by molar-refractivity contribution is -1.19. The third-order valence-corrected chi connectivity index (χ3v) is 7.21. The molecule has 0 bridgehead atoms. The first-order valence-electron chi connectivity index (χ1n) is 16.1. The Morgan fingerprint density at radius 3 is 0.978 bits per heavy atom. The van der Waals surface area contributed by atoms with Gasteiger partial charge in [0.25, 0.3) is 0 Å². The van der Waals surface area contributed by atoms with Crippen molar-refractivity contribution in [1.29, 1.82) is 0 Å². The normalized spacial score (nSPS) is 15.2. The average molecular weight is 631 g/mol. The number of rotatable bonds is 8. The lowest BCUT2D eigenvalue weighted by atomic mass is 9.76. The molecule has 0 aliphatic carbocycles. The summed E-state index contributed by atoms with van der Waals surface area (Å²) in [4.78, 5) is 23.4. The molecular weight excluding hydrogens is 568 g/mol. The van der Waals surface area contributed by atoms with Crippen LogP contribution in [0.5, 0.6) is 11.5 Å². The van der Waals surface area contributed by atoms with Crippen molar-refractivity contribution in [3.63, 3.8) is 0 Å². The Hall–Kier alpha value is -2.20. The van der Waals surface area contributed by atoms with E-state index in [0.717, 1.165) is 33.4 Å². The van der Waals surface area contributed by atoms with Crippen LogP contribution in [-0.4, -0.2) is 11.2 Å². The van der Waals surface area contributed by atoms with Gasteiger partial charge in [-0.1, -0.05) is 107 Å². The summed E-state index contributed by atoms with van der Waals surface area (Å²) in [6.07, 6.45) is 0.344. The molecule has 0 aliphatic rings. The molecule has 0 saturated heterocycles. The van der Waals surface area contributed by atoms with Gasteiger partial charge in [-0.2, -0.15) is 9.68 Å². The molecule has 0 heterocycles. The topological polar surface area (TPSA) is 91.9 Å². The largest absolute Gasteiger partial charge is 0.556 e. The minimum absolute atomic E-state index is 0.182. The number of hydrogen-bond donors (Lipinski definition) is 2.